The highest BCUT2D eigenvalue weighted by molar-refractivity contribution is 6.17. The zero-order valence-electron chi connectivity index (χ0n) is 12.2. The molecular formula is C17H18N4. The highest BCUT2D eigenvalue weighted by atomic mass is 15.1. The Hall–Kier alpha value is -2.62. The maximum absolute atomic E-state index is 5.92. The number of hydrogen-bond donors (Lipinski definition) is 1. The number of amidine groups is 1. The van der Waals surface area contributed by atoms with Gasteiger partial charge < -0.3 is 10.6 Å². The van der Waals surface area contributed by atoms with Gasteiger partial charge in [-0.15, -0.1) is 0 Å². The molecular weight excluding hydrogens is 260 g/mol. The van der Waals surface area contributed by atoms with Gasteiger partial charge in [0, 0.05) is 30.9 Å². The van der Waals surface area contributed by atoms with Crippen LogP contribution in [0.15, 0.2) is 58.5 Å². The maximum atomic E-state index is 5.92. The smallest absolute Gasteiger partial charge is 0.121 e. The monoisotopic (exact) mass is 278 g/mol. The molecule has 0 saturated carbocycles. The van der Waals surface area contributed by atoms with Gasteiger partial charge in [0.2, 0.25) is 0 Å². The van der Waals surface area contributed by atoms with Gasteiger partial charge in [0.1, 0.15) is 5.84 Å². The minimum atomic E-state index is 0.427. The molecule has 3 rings (SSSR count). The highest BCUT2D eigenvalue weighted by Gasteiger charge is 2.16. The molecule has 2 aromatic rings. The molecule has 0 unspecified atom stereocenters. The Morgan fingerprint density at radius 2 is 1.81 bits per heavy atom. The van der Waals surface area contributed by atoms with Crippen molar-refractivity contribution in [2.24, 2.45) is 15.7 Å². The number of fused-ring (bicyclic) bond motifs is 1. The van der Waals surface area contributed by atoms with Gasteiger partial charge in [-0.05, 0) is 18.2 Å². The van der Waals surface area contributed by atoms with Crippen molar-refractivity contribution in [3.05, 3.63) is 59.7 Å². The summed E-state index contributed by atoms with van der Waals surface area (Å²) in [6.45, 7) is 0.427. The molecule has 21 heavy (non-hydrogen) atoms. The lowest BCUT2D eigenvalue weighted by molar-refractivity contribution is 1.13. The second-order valence-electron chi connectivity index (χ2n) is 5.23. The standard InChI is InChI=1S/C17H18N4/c1-21(2)13-8-9-15-14(10-13)17(19-11-16(18)20-15)12-6-4-3-5-7-12/h3-10H,11H2,1-2H3,(H2,18,20). The maximum Gasteiger partial charge on any atom is 0.121 e. The predicted octanol–water partition coefficient (Wildman–Crippen LogP) is 2.59. The molecule has 4 nitrogen and oxygen atoms in total. The molecule has 0 radical (unpaired) electrons. The lowest BCUT2D eigenvalue weighted by Crippen LogP contribution is -2.14. The fraction of sp³-hybridized carbons (Fsp3) is 0.176. The van der Waals surface area contributed by atoms with Crippen molar-refractivity contribution in [1.29, 1.82) is 0 Å². The van der Waals surface area contributed by atoms with E-state index in [1.165, 1.54) is 0 Å². The summed E-state index contributed by atoms with van der Waals surface area (Å²) in [6.07, 6.45) is 0. The summed E-state index contributed by atoms with van der Waals surface area (Å²) in [5, 5.41) is 0. The van der Waals surface area contributed by atoms with Crippen LogP contribution in [0.25, 0.3) is 0 Å². The van der Waals surface area contributed by atoms with Crippen LogP contribution in [0.5, 0.6) is 0 Å². The third kappa shape index (κ3) is 2.65. The van der Waals surface area contributed by atoms with E-state index in [0.717, 1.165) is 28.2 Å². The molecule has 0 aromatic heterocycles. The Labute approximate surface area is 124 Å². The summed E-state index contributed by atoms with van der Waals surface area (Å²) >= 11 is 0. The van der Waals surface area contributed by atoms with Crippen LogP contribution in [-0.2, 0) is 0 Å². The number of nitrogens with two attached hydrogens (primary N) is 1. The van der Waals surface area contributed by atoms with Crippen LogP contribution in [0.2, 0.25) is 0 Å². The van der Waals surface area contributed by atoms with E-state index in [4.69, 9.17) is 5.73 Å². The Kier molecular flexibility index (Phi) is 3.44. The number of hydrogen-bond acceptors (Lipinski definition) is 4. The third-order valence-corrected chi connectivity index (χ3v) is 3.46. The van der Waals surface area contributed by atoms with Gasteiger partial charge in [0.05, 0.1) is 17.9 Å². The fourth-order valence-electron chi connectivity index (χ4n) is 2.37. The number of benzene rings is 2. The second-order valence-corrected chi connectivity index (χ2v) is 5.23. The molecule has 106 valence electrons. The highest BCUT2D eigenvalue weighted by Crippen LogP contribution is 2.29. The summed E-state index contributed by atoms with van der Waals surface area (Å²) < 4.78 is 0. The van der Waals surface area contributed by atoms with Gasteiger partial charge in [0.15, 0.2) is 0 Å². The van der Waals surface area contributed by atoms with Gasteiger partial charge in [-0.3, -0.25) is 4.99 Å². The van der Waals surface area contributed by atoms with Crippen LogP contribution >= 0.6 is 0 Å². The fourth-order valence-corrected chi connectivity index (χ4v) is 2.37. The molecule has 1 aliphatic rings. The van der Waals surface area contributed by atoms with Crippen LogP contribution in [-0.4, -0.2) is 32.2 Å². The van der Waals surface area contributed by atoms with E-state index in [2.05, 4.69) is 33.1 Å². The molecule has 0 fully saturated rings. The number of rotatable bonds is 2. The number of nitrogens with zero attached hydrogens (tertiary/aromatic N) is 3. The largest absolute Gasteiger partial charge is 0.386 e. The molecule has 2 aromatic carbocycles. The molecule has 0 aliphatic carbocycles. The van der Waals surface area contributed by atoms with Gasteiger partial charge in [-0.1, -0.05) is 30.3 Å². The number of anilines is 1. The molecule has 1 aliphatic heterocycles. The van der Waals surface area contributed by atoms with Crippen LogP contribution in [0, 0.1) is 0 Å². The van der Waals surface area contributed by atoms with Gasteiger partial charge in [-0.25, -0.2) is 4.99 Å². The predicted molar refractivity (Wildman–Crippen MR) is 89.0 cm³/mol. The topological polar surface area (TPSA) is 54.0 Å². The summed E-state index contributed by atoms with van der Waals surface area (Å²) in [4.78, 5) is 11.2. The summed E-state index contributed by atoms with van der Waals surface area (Å²) in [5.74, 6) is 0.541. The van der Waals surface area contributed by atoms with E-state index < -0.39 is 0 Å². The minimum absolute atomic E-state index is 0.427. The minimum Gasteiger partial charge on any atom is -0.386 e. The van der Waals surface area contributed by atoms with Crippen molar-refractivity contribution in [2.75, 3.05) is 25.5 Å². The molecule has 1 heterocycles. The Morgan fingerprint density at radius 3 is 2.52 bits per heavy atom. The first-order valence-corrected chi connectivity index (χ1v) is 6.90. The van der Waals surface area contributed by atoms with Crippen molar-refractivity contribution in [1.82, 2.24) is 0 Å². The SMILES string of the molecule is CN(C)c1ccc2c(c1)C(c1ccccc1)=NCC(N)=N2. The first-order chi connectivity index (χ1) is 10.1. The van der Waals surface area contributed by atoms with Crippen molar-refractivity contribution in [3.8, 4) is 0 Å². The zero-order chi connectivity index (χ0) is 14.8. The Bertz CT molecular complexity index is 715. The van der Waals surface area contributed by atoms with Gasteiger partial charge >= 0.3 is 0 Å². The molecule has 0 spiro atoms. The summed E-state index contributed by atoms with van der Waals surface area (Å²) in [5.41, 5.74) is 11.0. The van der Waals surface area contributed by atoms with E-state index in [1.807, 2.05) is 44.4 Å². The van der Waals surface area contributed by atoms with Gasteiger partial charge in [-0.2, -0.15) is 0 Å². The van der Waals surface area contributed by atoms with Crippen LogP contribution in [0.4, 0.5) is 11.4 Å². The van der Waals surface area contributed by atoms with Crippen molar-refractivity contribution in [3.63, 3.8) is 0 Å². The Morgan fingerprint density at radius 1 is 1.05 bits per heavy atom. The lowest BCUT2D eigenvalue weighted by Gasteiger charge is -2.16. The van der Waals surface area contributed by atoms with Gasteiger partial charge in [0.25, 0.3) is 0 Å². The van der Waals surface area contributed by atoms with Crippen LogP contribution in [0.1, 0.15) is 11.1 Å². The first kappa shape index (κ1) is 13.4. The average molecular weight is 278 g/mol. The third-order valence-electron chi connectivity index (χ3n) is 3.46. The second kappa shape index (κ2) is 5.40. The van der Waals surface area contributed by atoms with Crippen molar-refractivity contribution >= 4 is 22.9 Å². The van der Waals surface area contributed by atoms with Crippen molar-refractivity contribution in [2.45, 2.75) is 0 Å². The van der Waals surface area contributed by atoms with Crippen molar-refractivity contribution < 1.29 is 0 Å². The summed E-state index contributed by atoms with van der Waals surface area (Å²) in [7, 11) is 4.05. The van der Waals surface area contributed by atoms with E-state index >= 15 is 0 Å². The van der Waals surface area contributed by atoms with Crippen LogP contribution in [0.3, 0.4) is 0 Å². The number of aliphatic imine (C=N–C) groups is 2. The first-order valence-electron chi connectivity index (χ1n) is 6.90. The normalized spacial score (nSPS) is 13.8. The molecule has 2 N–H and O–H groups in total. The Balaban J connectivity index is 2.19. The zero-order valence-corrected chi connectivity index (χ0v) is 12.2. The van der Waals surface area contributed by atoms with E-state index in [-0.39, 0.29) is 0 Å². The molecule has 0 amide bonds. The lowest BCUT2D eigenvalue weighted by atomic mass is 10.00. The molecule has 0 saturated heterocycles. The van der Waals surface area contributed by atoms with E-state index in [9.17, 15) is 0 Å². The molecule has 0 atom stereocenters. The summed E-state index contributed by atoms with van der Waals surface area (Å²) in [6, 6.07) is 16.3. The quantitative estimate of drug-likeness (QED) is 0.918. The molecule has 0 bridgehead atoms. The van der Waals surface area contributed by atoms with Crippen LogP contribution < -0.4 is 10.6 Å². The van der Waals surface area contributed by atoms with E-state index in [0.29, 0.717) is 12.4 Å². The average Bonchev–Trinajstić information content (AvgIpc) is 2.65. The molecule has 4 heteroatoms. The van der Waals surface area contributed by atoms with E-state index in [1.54, 1.807) is 0 Å².